The quantitative estimate of drug-likeness (QED) is 0.656. The summed E-state index contributed by atoms with van der Waals surface area (Å²) in [6, 6.07) is 7.26. The van der Waals surface area contributed by atoms with Crippen molar-refractivity contribution in [2.45, 2.75) is 63.3 Å². The highest BCUT2D eigenvalue weighted by molar-refractivity contribution is 7.89. The molecule has 168 valence electrons. The number of carbonyl (C=O) groups is 1. The number of benzene rings is 1. The second-order valence-corrected chi connectivity index (χ2v) is 10.6. The van der Waals surface area contributed by atoms with E-state index in [2.05, 4.69) is 22.9 Å². The fraction of sp³-hybridized carbons (Fsp3) is 0.542. The molecule has 1 aliphatic carbocycles. The van der Waals surface area contributed by atoms with Gasteiger partial charge in [-0.05, 0) is 76.1 Å². The van der Waals surface area contributed by atoms with E-state index in [1.165, 1.54) is 22.7 Å². The Balaban J connectivity index is 1.39. The van der Waals surface area contributed by atoms with E-state index in [1.54, 1.807) is 12.1 Å². The Hall–Kier alpha value is -2.12. The largest absolute Gasteiger partial charge is 0.356 e. The summed E-state index contributed by atoms with van der Waals surface area (Å²) in [7, 11) is -3.62. The van der Waals surface area contributed by atoms with E-state index in [0.717, 1.165) is 43.1 Å². The number of aromatic nitrogens is 1. The number of piperidine rings is 1. The van der Waals surface area contributed by atoms with Crippen LogP contribution >= 0.6 is 0 Å². The molecule has 1 N–H and O–H groups in total. The van der Waals surface area contributed by atoms with Crippen molar-refractivity contribution in [2.24, 2.45) is 5.92 Å². The number of aryl methyl sites for hydroxylation is 1. The summed E-state index contributed by atoms with van der Waals surface area (Å²) in [5, 5.41) is 3.96. The van der Waals surface area contributed by atoms with Crippen molar-refractivity contribution in [3.8, 4) is 0 Å². The Kier molecular flexibility index (Phi) is 6.82. The van der Waals surface area contributed by atoms with E-state index in [4.69, 9.17) is 0 Å². The number of amides is 1. The van der Waals surface area contributed by atoms with Gasteiger partial charge < -0.3 is 9.88 Å². The fourth-order valence-electron chi connectivity index (χ4n) is 4.76. The van der Waals surface area contributed by atoms with Crippen molar-refractivity contribution in [3.05, 3.63) is 42.1 Å². The number of nitrogens with zero attached hydrogens (tertiary/aromatic N) is 2. The molecule has 1 aromatic heterocycles. The van der Waals surface area contributed by atoms with Gasteiger partial charge >= 0.3 is 0 Å². The highest BCUT2D eigenvalue weighted by atomic mass is 32.2. The lowest BCUT2D eigenvalue weighted by Gasteiger charge is -2.31. The van der Waals surface area contributed by atoms with Crippen LogP contribution in [0.5, 0.6) is 0 Å². The lowest BCUT2D eigenvalue weighted by Crippen LogP contribution is -2.45. The third kappa shape index (κ3) is 4.88. The lowest BCUT2D eigenvalue weighted by atomic mass is 9.96. The van der Waals surface area contributed by atoms with Gasteiger partial charge in [-0.3, -0.25) is 4.79 Å². The number of sulfonamides is 1. The number of nitrogens with one attached hydrogen (secondary N) is 1. The van der Waals surface area contributed by atoms with E-state index >= 15 is 0 Å². The summed E-state index contributed by atoms with van der Waals surface area (Å²) < 4.78 is 30.1. The first-order valence-electron chi connectivity index (χ1n) is 11.5. The standard InChI is InChI=1S/C24H33N3O3S/c1-2-26-16-13-20-17-22(10-11-23(20)26)31(29,30)27-15-6-9-21(18-27)24(28)25-14-12-19-7-4-3-5-8-19/h7,10-11,13,16-17,21H,2-6,8-9,12,14-15,18H2,1H3,(H,25,28). The normalized spacial score (nSPS) is 20.5. The van der Waals surface area contributed by atoms with Crippen LogP contribution in [-0.4, -0.2) is 42.8 Å². The first kappa shape index (κ1) is 22.1. The summed E-state index contributed by atoms with van der Waals surface area (Å²) in [5.74, 6) is -0.305. The third-order valence-corrected chi connectivity index (χ3v) is 8.47. The molecule has 31 heavy (non-hydrogen) atoms. The molecule has 6 nitrogen and oxygen atoms in total. The highest BCUT2D eigenvalue weighted by Gasteiger charge is 2.33. The average Bonchev–Trinajstić information content (AvgIpc) is 3.22. The Bertz CT molecular complexity index is 1070. The molecule has 7 heteroatoms. The van der Waals surface area contributed by atoms with E-state index in [1.807, 2.05) is 18.3 Å². The van der Waals surface area contributed by atoms with Crippen molar-refractivity contribution >= 4 is 26.8 Å². The third-order valence-electron chi connectivity index (χ3n) is 6.61. The summed E-state index contributed by atoms with van der Waals surface area (Å²) >= 11 is 0. The van der Waals surface area contributed by atoms with Gasteiger partial charge in [0, 0.05) is 43.3 Å². The molecule has 0 saturated carbocycles. The van der Waals surface area contributed by atoms with Crippen LogP contribution in [0.3, 0.4) is 0 Å². The second-order valence-electron chi connectivity index (χ2n) is 8.67. The maximum atomic E-state index is 13.3. The van der Waals surface area contributed by atoms with Crippen molar-refractivity contribution < 1.29 is 13.2 Å². The minimum absolute atomic E-state index is 0.0215. The van der Waals surface area contributed by atoms with Gasteiger partial charge in [-0.25, -0.2) is 8.42 Å². The molecule has 4 rings (SSSR count). The van der Waals surface area contributed by atoms with Gasteiger partial charge in [0.2, 0.25) is 15.9 Å². The molecule has 1 saturated heterocycles. The maximum absolute atomic E-state index is 13.3. The molecule has 2 heterocycles. The molecule has 1 unspecified atom stereocenters. The zero-order valence-corrected chi connectivity index (χ0v) is 19.2. The summed E-state index contributed by atoms with van der Waals surface area (Å²) in [6.07, 6.45) is 11.4. The monoisotopic (exact) mass is 443 g/mol. The van der Waals surface area contributed by atoms with E-state index in [-0.39, 0.29) is 18.4 Å². The van der Waals surface area contributed by atoms with Crippen LogP contribution in [0.15, 0.2) is 47.0 Å². The molecule has 0 spiro atoms. The van der Waals surface area contributed by atoms with Gasteiger partial charge in [-0.1, -0.05) is 11.6 Å². The second kappa shape index (κ2) is 9.57. The molecule has 1 aliphatic heterocycles. The number of rotatable bonds is 7. The smallest absolute Gasteiger partial charge is 0.243 e. The topological polar surface area (TPSA) is 71.4 Å². The molecule has 1 fully saturated rings. The fourth-order valence-corrected chi connectivity index (χ4v) is 6.32. The zero-order valence-electron chi connectivity index (χ0n) is 18.3. The first-order valence-corrected chi connectivity index (χ1v) is 13.0. The van der Waals surface area contributed by atoms with Crippen molar-refractivity contribution in [1.29, 1.82) is 0 Å². The van der Waals surface area contributed by atoms with Crippen LogP contribution in [-0.2, 0) is 21.4 Å². The zero-order chi connectivity index (χ0) is 21.8. The molecule has 0 radical (unpaired) electrons. The van der Waals surface area contributed by atoms with Crippen LogP contribution in [0.25, 0.3) is 10.9 Å². The predicted molar refractivity (Wildman–Crippen MR) is 123 cm³/mol. The van der Waals surface area contributed by atoms with Gasteiger partial charge in [-0.15, -0.1) is 0 Å². The average molecular weight is 444 g/mol. The Morgan fingerprint density at radius 2 is 2.06 bits per heavy atom. The van der Waals surface area contributed by atoms with Gasteiger partial charge in [0.1, 0.15) is 0 Å². The minimum atomic E-state index is -3.62. The Morgan fingerprint density at radius 1 is 1.19 bits per heavy atom. The van der Waals surface area contributed by atoms with Gasteiger partial charge in [0.15, 0.2) is 0 Å². The van der Waals surface area contributed by atoms with E-state index < -0.39 is 10.0 Å². The first-order chi connectivity index (χ1) is 15.0. The van der Waals surface area contributed by atoms with Gasteiger partial charge in [0.25, 0.3) is 0 Å². The lowest BCUT2D eigenvalue weighted by molar-refractivity contribution is -0.126. The molecule has 1 amide bonds. The molecular weight excluding hydrogens is 410 g/mol. The number of allylic oxidation sites excluding steroid dienone is 1. The minimum Gasteiger partial charge on any atom is -0.356 e. The van der Waals surface area contributed by atoms with Crippen LogP contribution in [0.4, 0.5) is 0 Å². The molecule has 2 aliphatic rings. The van der Waals surface area contributed by atoms with Crippen molar-refractivity contribution in [3.63, 3.8) is 0 Å². The number of hydrogen-bond donors (Lipinski definition) is 1. The van der Waals surface area contributed by atoms with E-state index in [9.17, 15) is 13.2 Å². The summed E-state index contributed by atoms with van der Waals surface area (Å²) in [5.41, 5.74) is 2.47. The predicted octanol–water partition coefficient (Wildman–Crippen LogP) is 4.07. The molecule has 2 aromatic rings. The van der Waals surface area contributed by atoms with E-state index in [0.29, 0.717) is 24.4 Å². The van der Waals surface area contributed by atoms with Crippen LogP contribution in [0.2, 0.25) is 0 Å². The van der Waals surface area contributed by atoms with Crippen molar-refractivity contribution in [1.82, 2.24) is 14.2 Å². The molecule has 1 atom stereocenters. The summed E-state index contributed by atoms with van der Waals surface area (Å²) in [6.45, 7) is 4.27. The van der Waals surface area contributed by atoms with Crippen molar-refractivity contribution in [2.75, 3.05) is 19.6 Å². The van der Waals surface area contributed by atoms with Crippen LogP contribution in [0, 0.1) is 5.92 Å². The van der Waals surface area contributed by atoms with Gasteiger partial charge in [0.05, 0.1) is 10.8 Å². The summed E-state index contributed by atoms with van der Waals surface area (Å²) in [4.78, 5) is 13.0. The number of fused-ring (bicyclic) bond motifs is 1. The number of carbonyl (C=O) groups excluding carboxylic acids is 1. The van der Waals surface area contributed by atoms with Crippen LogP contribution < -0.4 is 5.32 Å². The number of hydrogen-bond acceptors (Lipinski definition) is 3. The SMILES string of the molecule is CCn1ccc2cc(S(=O)(=O)N3CCCC(C(=O)NCCC4=CCCCC4)C3)ccc21. The maximum Gasteiger partial charge on any atom is 0.243 e. The molecule has 0 bridgehead atoms. The van der Waals surface area contributed by atoms with Gasteiger partial charge in [-0.2, -0.15) is 4.31 Å². The molecular formula is C24H33N3O3S. The highest BCUT2D eigenvalue weighted by Crippen LogP contribution is 2.27. The Morgan fingerprint density at radius 3 is 2.84 bits per heavy atom. The van der Waals surface area contributed by atoms with Crippen LogP contribution in [0.1, 0.15) is 51.9 Å². The Labute approximate surface area is 185 Å². The molecule has 1 aromatic carbocycles.